The lowest BCUT2D eigenvalue weighted by molar-refractivity contribution is -0.122. The van der Waals surface area contributed by atoms with Crippen molar-refractivity contribution < 1.29 is 9.53 Å². The Kier molecular flexibility index (Phi) is 10.8. The summed E-state index contributed by atoms with van der Waals surface area (Å²) in [5, 5.41) is 9.83. The summed E-state index contributed by atoms with van der Waals surface area (Å²) in [4.78, 5) is 18.9. The standard InChI is InChI=1S/C23H37N5O2/c1-4-13-25-22(29)18-28-14-11-20(12-15-28)27-23(24-6-3)26-17-19-9-7-8-10-21(19)30-16-5-2/h5,7-10,20H,2,4,6,11-18H2,1,3H3,(H,25,29)(H2,24,26,27). The topological polar surface area (TPSA) is 78.0 Å². The Balaban J connectivity index is 1.86. The van der Waals surface area contributed by atoms with Crippen LogP contribution < -0.4 is 20.7 Å². The van der Waals surface area contributed by atoms with Crippen LogP contribution in [0.15, 0.2) is 41.9 Å². The summed E-state index contributed by atoms with van der Waals surface area (Å²) in [7, 11) is 0. The highest BCUT2D eigenvalue weighted by Gasteiger charge is 2.21. The van der Waals surface area contributed by atoms with Gasteiger partial charge in [-0.2, -0.15) is 0 Å². The van der Waals surface area contributed by atoms with E-state index in [1.165, 1.54) is 0 Å². The molecule has 1 aromatic rings. The fourth-order valence-electron chi connectivity index (χ4n) is 3.36. The second-order valence-electron chi connectivity index (χ2n) is 7.45. The van der Waals surface area contributed by atoms with Crippen molar-refractivity contribution >= 4 is 11.9 Å². The molecule has 0 spiro atoms. The minimum atomic E-state index is 0.121. The minimum Gasteiger partial charge on any atom is -0.489 e. The molecule has 0 aromatic heterocycles. The van der Waals surface area contributed by atoms with Crippen LogP contribution in [0.3, 0.4) is 0 Å². The van der Waals surface area contributed by atoms with Crippen molar-refractivity contribution in [1.82, 2.24) is 20.9 Å². The van der Waals surface area contributed by atoms with Crippen LogP contribution >= 0.6 is 0 Å². The van der Waals surface area contributed by atoms with Crippen molar-refractivity contribution in [2.24, 2.45) is 4.99 Å². The van der Waals surface area contributed by atoms with Gasteiger partial charge in [-0.25, -0.2) is 4.99 Å². The molecule has 7 heteroatoms. The number of carbonyl (C=O) groups is 1. The second kappa shape index (κ2) is 13.6. The number of nitrogens with zero attached hydrogens (tertiary/aromatic N) is 2. The summed E-state index contributed by atoms with van der Waals surface area (Å²) in [6.07, 6.45) is 4.69. The molecule has 1 fully saturated rings. The molecule has 0 saturated carbocycles. The van der Waals surface area contributed by atoms with Gasteiger partial charge in [0.05, 0.1) is 13.1 Å². The Morgan fingerprint density at radius 1 is 1.27 bits per heavy atom. The van der Waals surface area contributed by atoms with E-state index in [0.717, 1.165) is 62.7 Å². The van der Waals surface area contributed by atoms with E-state index in [1.54, 1.807) is 6.08 Å². The lowest BCUT2D eigenvalue weighted by Gasteiger charge is -2.32. The van der Waals surface area contributed by atoms with Crippen LogP contribution in [0.2, 0.25) is 0 Å². The number of nitrogens with one attached hydrogen (secondary N) is 3. The zero-order valence-electron chi connectivity index (χ0n) is 18.5. The molecule has 3 N–H and O–H groups in total. The number of carbonyl (C=O) groups excluding carboxylic acids is 1. The van der Waals surface area contributed by atoms with Crippen molar-refractivity contribution in [3.63, 3.8) is 0 Å². The molecule has 1 aliphatic rings. The van der Waals surface area contributed by atoms with Crippen LogP contribution in [0, 0.1) is 0 Å². The van der Waals surface area contributed by atoms with Gasteiger partial charge in [-0.3, -0.25) is 9.69 Å². The third kappa shape index (κ3) is 8.45. The Labute approximate surface area is 181 Å². The van der Waals surface area contributed by atoms with E-state index in [9.17, 15) is 4.79 Å². The SMILES string of the molecule is C=CCOc1ccccc1CN=C(NCC)NC1CCN(CC(=O)NCCC)CC1. The third-order valence-corrected chi connectivity index (χ3v) is 4.95. The molecule has 1 amide bonds. The Morgan fingerprint density at radius 2 is 2.03 bits per heavy atom. The van der Waals surface area contributed by atoms with E-state index in [2.05, 4.69) is 41.3 Å². The first-order valence-electron chi connectivity index (χ1n) is 11.0. The zero-order valence-corrected chi connectivity index (χ0v) is 18.5. The summed E-state index contributed by atoms with van der Waals surface area (Å²) in [5.74, 6) is 1.78. The maximum atomic E-state index is 11.9. The number of guanidine groups is 1. The number of hydrogen-bond donors (Lipinski definition) is 3. The molecule has 7 nitrogen and oxygen atoms in total. The molecule has 1 heterocycles. The molecule has 0 bridgehead atoms. The van der Waals surface area contributed by atoms with Gasteiger partial charge in [-0.1, -0.05) is 37.8 Å². The van der Waals surface area contributed by atoms with Crippen LogP contribution in [0.4, 0.5) is 0 Å². The normalized spacial score (nSPS) is 15.5. The minimum absolute atomic E-state index is 0.121. The molecule has 0 aliphatic carbocycles. The molecule has 0 atom stereocenters. The van der Waals surface area contributed by atoms with Gasteiger partial charge in [0.15, 0.2) is 5.96 Å². The van der Waals surface area contributed by atoms with Gasteiger partial charge in [0.25, 0.3) is 0 Å². The fraction of sp³-hybridized carbons (Fsp3) is 0.565. The zero-order chi connectivity index (χ0) is 21.6. The van der Waals surface area contributed by atoms with Gasteiger partial charge in [0.2, 0.25) is 5.91 Å². The smallest absolute Gasteiger partial charge is 0.234 e. The monoisotopic (exact) mass is 415 g/mol. The van der Waals surface area contributed by atoms with Crippen LogP contribution in [-0.2, 0) is 11.3 Å². The number of benzene rings is 1. The number of hydrogen-bond acceptors (Lipinski definition) is 4. The molecule has 2 rings (SSSR count). The fourth-order valence-corrected chi connectivity index (χ4v) is 3.36. The number of para-hydroxylation sites is 1. The molecule has 30 heavy (non-hydrogen) atoms. The summed E-state index contributed by atoms with van der Waals surface area (Å²) < 4.78 is 5.73. The van der Waals surface area contributed by atoms with Crippen LogP contribution in [0.1, 0.15) is 38.7 Å². The van der Waals surface area contributed by atoms with Crippen LogP contribution in [-0.4, -0.2) is 62.1 Å². The highest BCUT2D eigenvalue weighted by molar-refractivity contribution is 5.80. The Hall–Kier alpha value is -2.54. The van der Waals surface area contributed by atoms with Crippen LogP contribution in [0.25, 0.3) is 0 Å². The molecule has 166 valence electrons. The molecule has 0 unspecified atom stereocenters. The van der Waals surface area contributed by atoms with E-state index in [-0.39, 0.29) is 5.91 Å². The molecule has 1 aromatic carbocycles. The highest BCUT2D eigenvalue weighted by atomic mass is 16.5. The van der Waals surface area contributed by atoms with Gasteiger partial charge in [-0.05, 0) is 32.3 Å². The predicted molar refractivity (Wildman–Crippen MR) is 123 cm³/mol. The first-order chi connectivity index (χ1) is 14.7. The van der Waals surface area contributed by atoms with Crippen molar-refractivity contribution in [2.45, 2.75) is 45.7 Å². The number of likely N-dealkylation sites (tertiary alicyclic amines) is 1. The van der Waals surface area contributed by atoms with Crippen molar-refractivity contribution in [1.29, 1.82) is 0 Å². The van der Waals surface area contributed by atoms with Gasteiger partial charge in [0.1, 0.15) is 12.4 Å². The van der Waals surface area contributed by atoms with Crippen LogP contribution in [0.5, 0.6) is 5.75 Å². The molecule has 1 saturated heterocycles. The second-order valence-corrected chi connectivity index (χ2v) is 7.45. The number of rotatable bonds is 11. The number of aliphatic imine (C=N–C) groups is 1. The van der Waals surface area contributed by atoms with Gasteiger partial charge >= 0.3 is 0 Å². The number of amides is 1. The lowest BCUT2D eigenvalue weighted by atomic mass is 10.1. The third-order valence-electron chi connectivity index (χ3n) is 4.95. The van der Waals surface area contributed by atoms with Crippen molar-refractivity contribution in [2.75, 3.05) is 39.3 Å². The number of ether oxygens (including phenoxy) is 1. The van der Waals surface area contributed by atoms with E-state index in [0.29, 0.717) is 25.7 Å². The number of piperidine rings is 1. The first kappa shape index (κ1) is 23.7. The largest absolute Gasteiger partial charge is 0.489 e. The van der Waals surface area contributed by atoms with Gasteiger partial charge in [0, 0.05) is 37.8 Å². The van der Waals surface area contributed by atoms with Crippen molar-refractivity contribution in [3.05, 3.63) is 42.5 Å². The maximum Gasteiger partial charge on any atom is 0.234 e. The van der Waals surface area contributed by atoms with E-state index < -0.39 is 0 Å². The quantitative estimate of drug-likeness (QED) is 0.294. The van der Waals surface area contributed by atoms with E-state index in [4.69, 9.17) is 9.73 Å². The van der Waals surface area contributed by atoms with Gasteiger partial charge < -0.3 is 20.7 Å². The molecular formula is C23H37N5O2. The molecule has 1 aliphatic heterocycles. The van der Waals surface area contributed by atoms with E-state index in [1.807, 2.05) is 24.3 Å². The molecular weight excluding hydrogens is 378 g/mol. The van der Waals surface area contributed by atoms with Crippen molar-refractivity contribution in [3.8, 4) is 5.75 Å². The summed E-state index contributed by atoms with van der Waals surface area (Å²) in [5.41, 5.74) is 1.05. The van der Waals surface area contributed by atoms with Gasteiger partial charge in [-0.15, -0.1) is 0 Å². The molecule has 0 radical (unpaired) electrons. The maximum absolute atomic E-state index is 11.9. The summed E-state index contributed by atoms with van der Waals surface area (Å²) >= 11 is 0. The summed E-state index contributed by atoms with van der Waals surface area (Å²) in [6, 6.07) is 8.31. The lowest BCUT2D eigenvalue weighted by Crippen LogP contribution is -2.50. The average Bonchev–Trinajstić information content (AvgIpc) is 2.76. The van der Waals surface area contributed by atoms with E-state index >= 15 is 0 Å². The Bertz CT molecular complexity index is 684. The summed E-state index contributed by atoms with van der Waals surface area (Å²) in [6.45, 7) is 12.7. The first-order valence-corrected chi connectivity index (χ1v) is 11.0. The highest BCUT2D eigenvalue weighted by Crippen LogP contribution is 2.19. The average molecular weight is 416 g/mol. The Morgan fingerprint density at radius 3 is 2.73 bits per heavy atom. The predicted octanol–water partition coefficient (Wildman–Crippen LogP) is 2.30.